The Morgan fingerprint density at radius 3 is 2.00 bits per heavy atom. The summed E-state index contributed by atoms with van der Waals surface area (Å²) < 4.78 is 0. The molecule has 1 nitrogen and oxygen atoms in total. The SMILES string of the molecule is CC(C#N)CC(C)(C)C(C)C. The van der Waals surface area contributed by atoms with Gasteiger partial charge in [0.2, 0.25) is 0 Å². The molecule has 0 amide bonds. The molecule has 1 atom stereocenters. The minimum atomic E-state index is 0.187. The predicted octanol–water partition coefficient (Wildman–Crippen LogP) is 3.22. The molecule has 0 radical (unpaired) electrons. The van der Waals surface area contributed by atoms with E-state index in [4.69, 9.17) is 5.26 Å². The fourth-order valence-corrected chi connectivity index (χ4v) is 1.07. The summed E-state index contributed by atoms with van der Waals surface area (Å²) >= 11 is 0. The Hall–Kier alpha value is -0.510. The zero-order valence-corrected chi connectivity index (χ0v) is 8.31. The molecule has 0 fully saturated rings. The van der Waals surface area contributed by atoms with Crippen molar-refractivity contribution >= 4 is 0 Å². The van der Waals surface area contributed by atoms with Crippen LogP contribution < -0.4 is 0 Å². The van der Waals surface area contributed by atoms with E-state index in [0.29, 0.717) is 11.3 Å². The van der Waals surface area contributed by atoms with Crippen LogP contribution >= 0.6 is 0 Å². The van der Waals surface area contributed by atoms with E-state index in [1.54, 1.807) is 0 Å². The van der Waals surface area contributed by atoms with Crippen LogP contribution in [0.2, 0.25) is 0 Å². The third-order valence-corrected chi connectivity index (χ3v) is 2.62. The fourth-order valence-electron chi connectivity index (χ4n) is 1.07. The van der Waals surface area contributed by atoms with Gasteiger partial charge >= 0.3 is 0 Å². The third kappa shape index (κ3) is 3.41. The van der Waals surface area contributed by atoms with Crippen molar-refractivity contribution in [3.8, 4) is 6.07 Å². The first-order chi connectivity index (χ1) is 4.90. The van der Waals surface area contributed by atoms with Gasteiger partial charge in [-0.25, -0.2) is 0 Å². The number of hydrogen-bond donors (Lipinski definition) is 0. The summed E-state index contributed by atoms with van der Waals surface area (Å²) in [7, 11) is 0. The first kappa shape index (κ1) is 10.5. The lowest BCUT2D eigenvalue weighted by atomic mass is 9.75. The molecule has 0 heterocycles. The topological polar surface area (TPSA) is 23.8 Å². The molecular weight excluding hydrogens is 134 g/mol. The van der Waals surface area contributed by atoms with Gasteiger partial charge in [0.25, 0.3) is 0 Å². The largest absolute Gasteiger partial charge is 0.198 e. The maximum atomic E-state index is 8.63. The first-order valence-corrected chi connectivity index (χ1v) is 4.29. The standard InChI is InChI=1S/C10H19N/c1-8(2)10(4,5)6-9(3)7-11/h8-9H,6H2,1-5H3. The smallest absolute Gasteiger partial charge is 0.0653 e. The Morgan fingerprint density at radius 2 is 1.73 bits per heavy atom. The van der Waals surface area contributed by atoms with Gasteiger partial charge in [0.05, 0.1) is 6.07 Å². The molecule has 0 N–H and O–H groups in total. The van der Waals surface area contributed by atoms with Crippen LogP contribution in [0.4, 0.5) is 0 Å². The second-order valence-corrected chi connectivity index (χ2v) is 4.38. The predicted molar refractivity (Wildman–Crippen MR) is 48.0 cm³/mol. The van der Waals surface area contributed by atoms with Crippen LogP contribution in [-0.4, -0.2) is 0 Å². The van der Waals surface area contributed by atoms with Gasteiger partial charge in [-0.1, -0.05) is 27.7 Å². The molecule has 1 heteroatoms. The highest BCUT2D eigenvalue weighted by molar-refractivity contribution is 4.85. The molecule has 0 aromatic heterocycles. The number of nitriles is 1. The van der Waals surface area contributed by atoms with Crippen LogP contribution in [0.15, 0.2) is 0 Å². The molecule has 0 bridgehead atoms. The molecule has 0 saturated heterocycles. The summed E-state index contributed by atoms with van der Waals surface area (Å²) in [6.45, 7) is 10.9. The molecule has 1 unspecified atom stereocenters. The second-order valence-electron chi connectivity index (χ2n) is 4.38. The van der Waals surface area contributed by atoms with Crippen molar-refractivity contribution in [2.75, 3.05) is 0 Å². The first-order valence-electron chi connectivity index (χ1n) is 4.29. The van der Waals surface area contributed by atoms with Crippen LogP contribution in [0.5, 0.6) is 0 Å². The Bertz CT molecular complexity index is 151. The molecule has 0 aliphatic rings. The molecule has 0 rings (SSSR count). The quantitative estimate of drug-likeness (QED) is 0.610. The zero-order chi connectivity index (χ0) is 9.07. The van der Waals surface area contributed by atoms with E-state index in [1.165, 1.54) is 0 Å². The number of hydrogen-bond acceptors (Lipinski definition) is 1. The molecule has 0 aromatic rings. The normalized spacial score (nSPS) is 14.6. The number of nitrogens with zero attached hydrogens (tertiary/aromatic N) is 1. The van der Waals surface area contributed by atoms with E-state index >= 15 is 0 Å². The molecule has 0 saturated carbocycles. The summed E-state index contributed by atoms with van der Waals surface area (Å²) in [5.41, 5.74) is 0.301. The van der Waals surface area contributed by atoms with E-state index in [2.05, 4.69) is 33.8 Å². The van der Waals surface area contributed by atoms with Gasteiger partial charge in [-0.2, -0.15) is 5.26 Å². The molecule has 11 heavy (non-hydrogen) atoms. The molecular formula is C10H19N. The van der Waals surface area contributed by atoms with E-state index in [0.717, 1.165) is 6.42 Å². The highest BCUT2D eigenvalue weighted by Crippen LogP contribution is 2.32. The van der Waals surface area contributed by atoms with Gasteiger partial charge in [-0.3, -0.25) is 0 Å². The summed E-state index contributed by atoms with van der Waals surface area (Å²) in [5.74, 6) is 0.839. The third-order valence-electron chi connectivity index (χ3n) is 2.62. The van der Waals surface area contributed by atoms with Gasteiger partial charge < -0.3 is 0 Å². The minimum absolute atomic E-state index is 0.187. The Morgan fingerprint density at radius 1 is 1.27 bits per heavy atom. The summed E-state index contributed by atoms with van der Waals surface area (Å²) in [4.78, 5) is 0. The second kappa shape index (κ2) is 3.76. The molecule has 0 aromatic carbocycles. The van der Waals surface area contributed by atoms with Crippen molar-refractivity contribution in [1.29, 1.82) is 5.26 Å². The van der Waals surface area contributed by atoms with E-state index in [1.807, 2.05) is 6.92 Å². The lowest BCUT2D eigenvalue weighted by Gasteiger charge is -2.30. The molecule has 0 spiro atoms. The van der Waals surface area contributed by atoms with E-state index < -0.39 is 0 Å². The van der Waals surface area contributed by atoms with Gasteiger partial charge in [0.1, 0.15) is 0 Å². The van der Waals surface area contributed by atoms with Crippen molar-refractivity contribution in [3.05, 3.63) is 0 Å². The Kier molecular flexibility index (Phi) is 3.58. The fraction of sp³-hybridized carbons (Fsp3) is 0.900. The van der Waals surface area contributed by atoms with Crippen molar-refractivity contribution < 1.29 is 0 Å². The van der Waals surface area contributed by atoms with Crippen molar-refractivity contribution in [2.24, 2.45) is 17.3 Å². The maximum Gasteiger partial charge on any atom is 0.0653 e. The average molecular weight is 153 g/mol. The van der Waals surface area contributed by atoms with Crippen molar-refractivity contribution in [1.82, 2.24) is 0 Å². The van der Waals surface area contributed by atoms with Crippen molar-refractivity contribution in [2.45, 2.75) is 41.0 Å². The highest BCUT2D eigenvalue weighted by atomic mass is 14.3. The molecule has 0 aliphatic heterocycles. The van der Waals surface area contributed by atoms with Crippen molar-refractivity contribution in [3.63, 3.8) is 0 Å². The van der Waals surface area contributed by atoms with Crippen LogP contribution in [0.25, 0.3) is 0 Å². The van der Waals surface area contributed by atoms with Crippen LogP contribution in [0, 0.1) is 28.6 Å². The van der Waals surface area contributed by atoms with Gasteiger partial charge in [0, 0.05) is 5.92 Å². The zero-order valence-electron chi connectivity index (χ0n) is 8.31. The van der Waals surface area contributed by atoms with E-state index in [9.17, 15) is 0 Å². The lowest BCUT2D eigenvalue weighted by molar-refractivity contribution is 0.210. The monoisotopic (exact) mass is 153 g/mol. The summed E-state index contributed by atoms with van der Waals surface area (Å²) in [6, 6.07) is 2.28. The maximum absolute atomic E-state index is 8.63. The van der Waals surface area contributed by atoms with Gasteiger partial charge in [0.15, 0.2) is 0 Å². The lowest BCUT2D eigenvalue weighted by Crippen LogP contribution is -2.21. The van der Waals surface area contributed by atoms with Crippen LogP contribution in [-0.2, 0) is 0 Å². The van der Waals surface area contributed by atoms with E-state index in [-0.39, 0.29) is 5.92 Å². The molecule has 64 valence electrons. The minimum Gasteiger partial charge on any atom is -0.198 e. The van der Waals surface area contributed by atoms with Gasteiger partial charge in [-0.05, 0) is 24.7 Å². The molecule has 0 aliphatic carbocycles. The summed E-state index contributed by atoms with van der Waals surface area (Å²) in [5, 5.41) is 8.63. The summed E-state index contributed by atoms with van der Waals surface area (Å²) in [6.07, 6.45) is 1.00. The van der Waals surface area contributed by atoms with Crippen LogP contribution in [0.3, 0.4) is 0 Å². The number of rotatable bonds is 3. The Labute approximate surface area is 70.4 Å². The highest BCUT2D eigenvalue weighted by Gasteiger charge is 2.24. The average Bonchev–Trinajstić information content (AvgIpc) is 1.86. The Balaban J connectivity index is 4.04. The van der Waals surface area contributed by atoms with Gasteiger partial charge in [-0.15, -0.1) is 0 Å². The van der Waals surface area contributed by atoms with Crippen LogP contribution in [0.1, 0.15) is 41.0 Å².